The second-order valence-electron chi connectivity index (χ2n) is 7.77. The molecule has 0 aliphatic heterocycles. The Kier molecular flexibility index (Phi) is 16.4. The molecule has 0 bridgehead atoms. The maximum absolute atomic E-state index is 12.5. The Hall–Kier alpha value is -1.47. The number of amides is 2. The van der Waals surface area contributed by atoms with Crippen molar-refractivity contribution in [1.29, 1.82) is 0 Å². The standard InChI is InChI=1S/C22H41N3O4/c1-23-25-21(26)14-16-28-18-19-29-17-15-24-22(27)20-12-10-8-6-4-2-3-5-7-9-11-13-20/h20H,1-19H2,(H,24,27)(H,25,26). The number of hydrogen-bond acceptors (Lipinski definition) is 5. The smallest absolute Gasteiger partial charge is 0.242 e. The van der Waals surface area contributed by atoms with Crippen LogP contribution in [0, 0.1) is 5.92 Å². The van der Waals surface area contributed by atoms with E-state index in [9.17, 15) is 9.59 Å². The number of carbonyl (C=O) groups excluding carboxylic acids is 2. The molecule has 0 radical (unpaired) electrons. The van der Waals surface area contributed by atoms with Gasteiger partial charge < -0.3 is 14.8 Å². The lowest BCUT2D eigenvalue weighted by atomic mass is 9.94. The summed E-state index contributed by atoms with van der Waals surface area (Å²) in [6.07, 6.45) is 15.1. The van der Waals surface area contributed by atoms with E-state index in [1.807, 2.05) is 0 Å². The number of nitrogens with zero attached hydrogens (tertiary/aromatic N) is 1. The highest BCUT2D eigenvalue weighted by Gasteiger charge is 2.17. The largest absolute Gasteiger partial charge is 0.379 e. The van der Waals surface area contributed by atoms with E-state index in [1.165, 1.54) is 51.4 Å². The molecule has 0 saturated heterocycles. The SMILES string of the molecule is C=NNC(=O)CCOCCOCCNC(=O)C1CCCCCCCCCCCC1. The number of nitrogens with one attached hydrogen (secondary N) is 2. The lowest BCUT2D eigenvalue weighted by molar-refractivity contribution is -0.125. The highest BCUT2D eigenvalue weighted by molar-refractivity contribution is 5.78. The van der Waals surface area contributed by atoms with Gasteiger partial charge in [0.15, 0.2) is 0 Å². The minimum atomic E-state index is -0.217. The van der Waals surface area contributed by atoms with Crippen molar-refractivity contribution >= 4 is 18.5 Å². The highest BCUT2D eigenvalue weighted by atomic mass is 16.5. The zero-order valence-corrected chi connectivity index (χ0v) is 18.1. The van der Waals surface area contributed by atoms with Crippen molar-refractivity contribution in [2.24, 2.45) is 11.0 Å². The molecule has 29 heavy (non-hydrogen) atoms. The number of carbonyl (C=O) groups is 2. The van der Waals surface area contributed by atoms with Crippen molar-refractivity contribution in [2.75, 3.05) is 33.0 Å². The van der Waals surface area contributed by atoms with Gasteiger partial charge in [0.1, 0.15) is 0 Å². The van der Waals surface area contributed by atoms with Gasteiger partial charge >= 0.3 is 0 Å². The van der Waals surface area contributed by atoms with Crippen molar-refractivity contribution in [3.8, 4) is 0 Å². The summed E-state index contributed by atoms with van der Waals surface area (Å²) in [5.74, 6) is 0.114. The van der Waals surface area contributed by atoms with Gasteiger partial charge in [-0.05, 0) is 12.8 Å². The van der Waals surface area contributed by atoms with Crippen LogP contribution >= 0.6 is 0 Å². The van der Waals surface area contributed by atoms with Gasteiger partial charge in [0.2, 0.25) is 11.8 Å². The molecular formula is C22H41N3O4. The van der Waals surface area contributed by atoms with Crippen LogP contribution < -0.4 is 10.7 Å². The van der Waals surface area contributed by atoms with E-state index >= 15 is 0 Å². The summed E-state index contributed by atoms with van der Waals surface area (Å²) in [6, 6.07) is 0. The monoisotopic (exact) mass is 411 g/mol. The van der Waals surface area contributed by atoms with E-state index < -0.39 is 0 Å². The fourth-order valence-electron chi connectivity index (χ4n) is 3.62. The van der Waals surface area contributed by atoms with E-state index in [0.717, 1.165) is 25.7 Å². The first-order chi connectivity index (χ1) is 14.2. The number of ether oxygens (including phenoxy) is 2. The first-order valence-electron chi connectivity index (χ1n) is 11.4. The van der Waals surface area contributed by atoms with Gasteiger partial charge in [-0.2, -0.15) is 5.10 Å². The van der Waals surface area contributed by atoms with Crippen LogP contribution in [-0.4, -0.2) is 51.5 Å². The summed E-state index contributed by atoms with van der Waals surface area (Å²) in [7, 11) is 0. The number of rotatable bonds is 11. The van der Waals surface area contributed by atoms with Crippen LogP contribution in [0.25, 0.3) is 0 Å². The minimum Gasteiger partial charge on any atom is -0.379 e. The normalized spacial score (nSPS) is 17.4. The topological polar surface area (TPSA) is 89.0 Å². The molecule has 7 heteroatoms. The van der Waals surface area contributed by atoms with Gasteiger partial charge in [-0.15, -0.1) is 0 Å². The van der Waals surface area contributed by atoms with E-state index in [0.29, 0.717) is 33.0 Å². The minimum absolute atomic E-state index is 0.148. The van der Waals surface area contributed by atoms with Crippen molar-refractivity contribution in [1.82, 2.24) is 10.7 Å². The average molecular weight is 412 g/mol. The van der Waals surface area contributed by atoms with Crippen LogP contribution in [0.3, 0.4) is 0 Å². The third kappa shape index (κ3) is 15.1. The third-order valence-corrected chi connectivity index (χ3v) is 5.32. The van der Waals surface area contributed by atoms with Gasteiger partial charge in [-0.3, -0.25) is 9.59 Å². The highest BCUT2D eigenvalue weighted by Crippen LogP contribution is 2.21. The summed E-state index contributed by atoms with van der Waals surface area (Å²) in [5, 5.41) is 6.33. The summed E-state index contributed by atoms with van der Waals surface area (Å²) >= 11 is 0. The number of hydrogen-bond donors (Lipinski definition) is 2. The molecule has 2 amide bonds. The van der Waals surface area contributed by atoms with Gasteiger partial charge in [-0.25, -0.2) is 5.43 Å². The Morgan fingerprint density at radius 1 is 0.793 bits per heavy atom. The Bertz CT molecular complexity index is 432. The van der Waals surface area contributed by atoms with Crippen LogP contribution in [0.5, 0.6) is 0 Å². The van der Waals surface area contributed by atoms with Gasteiger partial charge in [0.05, 0.1) is 32.8 Å². The predicted molar refractivity (Wildman–Crippen MR) is 116 cm³/mol. The van der Waals surface area contributed by atoms with Crippen LogP contribution in [0.4, 0.5) is 0 Å². The molecule has 0 aromatic heterocycles. The molecule has 1 aliphatic rings. The number of hydrazone groups is 1. The second-order valence-corrected chi connectivity index (χ2v) is 7.77. The molecule has 0 aromatic rings. The summed E-state index contributed by atoms with van der Waals surface area (Å²) < 4.78 is 10.8. The molecule has 0 aromatic carbocycles. The zero-order valence-electron chi connectivity index (χ0n) is 18.1. The van der Waals surface area contributed by atoms with Crippen molar-refractivity contribution in [3.63, 3.8) is 0 Å². The van der Waals surface area contributed by atoms with E-state index in [-0.39, 0.29) is 24.2 Å². The van der Waals surface area contributed by atoms with Crippen LogP contribution in [-0.2, 0) is 19.1 Å². The molecule has 0 spiro atoms. The molecule has 7 nitrogen and oxygen atoms in total. The maximum Gasteiger partial charge on any atom is 0.242 e. The van der Waals surface area contributed by atoms with Crippen molar-refractivity contribution in [2.45, 2.75) is 83.5 Å². The van der Waals surface area contributed by atoms with Gasteiger partial charge in [0.25, 0.3) is 0 Å². The molecule has 168 valence electrons. The summed E-state index contributed by atoms with van der Waals surface area (Å²) in [4.78, 5) is 23.7. The molecule has 2 N–H and O–H groups in total. The molecule has 1 rings (SSSR count). The van der Waals surface area contributed by atoms with E-state index in [2.05, 4.69) is 22.6 Å². The molecule has 0 atom stereocenters. The van der Waals surface area contributed by atoms with Crippen LogP contribution in [0.1, 0.15) is 83.5 Å². The molecule has 1 aliphatic carbocycles. The molecular weight excluding hydrogens is 370 g/mol. The fraction of sp³-hybridized carbons (Fsp3) is 0.864. The first-order valence-corrected chi connectivity index (χ1v) is 11.4. The van der Waals surface area contributed by atoms with E-state index in [1.54, 1.807) is 0 Å². The molecule has 0 unspecified atom stereocenters. The molecule has 1 fully saturated rings. The van der Waals surface area contributed by atoms with Gasteiger partial charge in [0, 0.05) is 19.2 Å². The van der Waals surface area contributed by atoms with E-state index in [4.69, 9.17) is 9.47 Å². The maximum atomic E-state index is 12.5. The quantitative estimate of drug-likeness (QED) is 0.309. The van der Waals surface area contributed by atoms with Crippen LogP contribution in [0.15, 0.2) is 5.10 Å². The first kappa shape index (κ1) is 25.6. The lowest BCUT2D eigenvalue weighted by Crippen LogP contribution is -2.33. The fourth-order valence-corrected chi connectivity index (χ4v) is 3.62. The Morgan fingerprint density at radius 3 is 1.86 bits per heavy atom. The van der Waals surface area contributed by atoms with Crippen molar-refractivity contribution < 1.29 is 19.1 Å². The molecule has 1 saturated carbocycles. The summed E-state index contributed by atoms with van der Waals surface area (Å²) in [6.45, 7) is 5.38. The van der Waals surface area contributed by atoms with Gasteiger partial charge in [-0.1, -0.05) is 64.2 Å². The lowest BCUT2D eigenvalue weighted by Gasteiger charge is -2.17. The Labute approximate surface area is 176 Å². The van der Waals surface area contributed by atoms with Crippen molar-refractivity contribution in [3.05, 3.63) is 0 Å². The summed E-state index contributed by atoms with van der Waals surface area (Å²) in [5.41, 5.74) is 2.25. The average Bonchev–Trinajstić information content (AvgIpc) is 2.74. The Morgan fingerprint density at radius 2 is 1.31 bits per heavy atom. The Balaban J connectivity index is 2.08. The second kappa shape index (κ2) is 18.6. The molecule has 0 heterocycles. The zero-order chi connectivity index (χ0) is 21.0. The third-order valence-electron chi connectivity index (χ3n) is 5.32. The van der Waals surface area contributed by atoms with Crippen LogP contribution in [0.2, 0.25) is 0 Å². The predicted octanol–water partition coefficient (Wildman–Crippen LogP) is 3.57.